The third kappa shape index (κ3) is 6.23. The molecular weight excluding hydrogens is 384 g/mol. The van der Waals surface area contributed by atoms with Crippen molar-refractivity contribution < 1.29 is 9.69 Å². The largest absolute Gasteiger partial charge is 0.374 e. The van der Waals surface area contributed by atoms with Crippen LogP contribution in [-0.2, 0) is 11.3 Å². The van der Waals surface area contributed by atoms with E-state index in [1.54, 1.807) is 4.90 Å². The zero-order valence-corrected chi connectivity index (χ0v) is 18.8. The molecule has 5 heteroatoms. The minimum Gasteiger partial charge on any atom is -0.374 e. The van der Waals surface area contributed by atoms with E-state index in [1.807, 2.05) is 6.92 Å². The van der Waals surface area contributed by atoms with Crippen LogP contribution in [0.4, 0.5) is 11.4 Å². The first kappa shape index (κ1) is 21.7. The molecule has 166 valence electrons. The van der Waals surface area contributed by atoms with Gasteiger partial charge in [-0.15, -0.1) is 0 Å². The first-order chi connectivity index (χ1) is 15.2. The number of quaternary nitrogens is 1. The predicted molar refractivity (Wildman–Crippen MR) is 128 cm³/mol. The van der Waals surface area contributed by atoms with Crippen LogP contribution in [0.5, 0.6) is 0 Å². The van der Waals surface area contributed by atoms with Gasteiger partial charge < -0.3 is 20.4 Å². The summed E-state index contributed by atoms with van der Waals surface area (Å²) in [5.41, 5.74) is 3.69. The number of rotatable bonds is 7. The van der Waals surface area contributed by atoms with E-state index in [0.717, 1.165) is 51.3 Å². The lowest BCUT2D eigenvalue weighted by Crippen LogP contribution is -3.13. The van der Waals surface area contributed by atoms with Crippen LogP contribution >= 0.6 is 0 Å². The fourth-order valence-electron chi connectivity index (χ4n) is 4.80. The molecule has 0 bridgehead atoms. The zero-order valence-electron chi connectivity index (χ0n) is 18.8. The molecule has 0 spiro atoms. The Morgan fingerprint density at radius 2 is 1.68 bits per heavy atom. The molecule has 1 aliphatic carbocycles. The van der Waals surface area contributed by atoms with Crippen molar-refractivity contribution in [2.45, 2.75) is 57.7 Å². The molecule has 5 nitrogen and oxygen atoms in total. The molecule has 2 fully saturated rings. The number of hydrogen-bond donors (Lipinski definition) is 3. The van der Waals surface area contributed by atoms with E-state index < -0.39 is 0 Å². The predicted octanol–water partition coefficient (Wildman–Crippen LogP) is 2.84. The van der Waals surface area contributed by atoms with Gasteiger partial charge in [0.1, 0.15) is 12.6 Å². The second-order valence-electron chi connectivity index (χ2n) is 9.16. The molecule has 2 aliphatic rings. The van der Waals surface area contributed by atoms with Gasteiger partial charge in [-0.2, -0.15) is 0 Å². The summed E-state index contributed by atoms with van der Waals surface area (Å²) in [6.07, 6.45) is 6.00. The topological polar surface area (TPSA) is 48.8 Å². The summed E-state index contributed by atoms with van der Waals surface area (Å²) < 4.78 is 0. The highest BCUT2D eigenvalue weighted by molar-refractivity contribution is 5.84. The molecule has 1 heterocycles. The second-order valence-corrected chi connectivity index (χ2v) is 9.16. The van der Waals surface area contributed by atoms with E-state index in [4.69, 9.17) is 0 Å². The van der Waals surface area contributed by atoms with Crippen LogP contribution < -0.4 is 20.4 Å². The summed E-state index contributed by atoms with van der Waals surface area (Å²) in [6, 6.07) is 19.5. The van der Waals surface area contributed by atoms with Crippen molar-refractivity contribution in [3.8, 4) is 0 Å². The number of anilines is 2. The maximum atomic E-state index is 12.5. The van der Waals surface area contributed by atoms with Gasteiger partial charge in [0.2, 0.25) is 5.91 Å². The number of hydrogen-bond acceptors (Lipinski definition) is 3. The molecule has 1 aliphatic heterocycles. The van der Waals surface area contributed by atoms with Gasteiger partial charge in [-0.05, 0) is 44.0 Å². The summed E-state index contributed by atoms with van der Waals surface area (Å²) in [5.74, 6) is 0.105. The van der Waals surface area contributed by atoms with Gasteiger partial charge in [0, 0.05) is 23.0 Å². The normalized spacial score (nSPS) is 19.1. The maximum absolute atomic E-state index is 12.5. The Morgan fingerprint density at radius 3 is 2.35 bits per heavy atom. The van der Waals surface area contributed by atoms with Crippen molar-refractivity contribution in [1.82, 2.24) is 5.32 Å². The van der Waals surface area contributed by atoms with Crippen LogP contribution in [0.1, 0.15) is 44.6 Å². The number of piperazine rings is 1. The lowest BCUT2D eigenvalue weighted by molar-refractivity contribution is -0.914. The van der Waals surface area contributed by atoms with Crippen LogP contribution in [0.2, 0.25) is 0 Å². The fraction of sp³-hybridized carbons (Fsp3) is 0.500. The van der Waals surface area contributed by atoms with Gasteiger partial charge in [-0.3, -0.25) is 4.79 Å². The molecule has 0 radical (unpaired) electrons. The van der Waals surface area contributed by atoms with Crippen LogP contribution in [0.25, 0.3) is 0 Å². The summed E-state index contributed by atoms with van der Waals surface area (Å²) in [7, 11) is 0. The van der Waals surface area contributed by atoms with Gasteiger partial charge >= 0.3 is 0 Å². The van der Waals surface area contributed by atoms with Crippen LogP contribution in [0.15, 0.2) is 54.6 Å². The molecule has 2 aromatic rings. The summed E-state index contributed by atoms with van der Waals surface area (Å²) in [5, 5.41) is 6.57. The van der Waals surface area contributed by atoms with Gasteiger partial charge in [-0.25, -0.2) is 0 Å². The lowest BCUT2D eigenvalue weighted by Gasteiger charge is -2.33. The van der Waals surface area contributed by atoms with E-state index in [-0.39, 0.29) is 11.9 Å². The second kappa shape index (κ2) is 10.7. The third-order valence-electron chi connectivity index (χ3n) is 6.73. The number of amides is 1. The smallest absolute Gasteiger partial charge is 0.242 e. The van der Waals surface area contributed by atoms with Crippen molar-refractivity contribution in [3.05, 3.63) is 60.2 Å². The number of carbonyl (C=O) groups is 1. The van der Waals surface area contributed by atoms with E-state index in [9.17, 15) is 4.79 Å². The molecule has 0 unspecified atom stereocenters. The van der Waals surface area contributed by atoms with Gasteiger partial charge in [0.15, 0.2) is 0 Å². The summed E-state index contributed by atoms with van der Waals surface area (Å²) in [4.78, 5) is 16.6. The Bertz CT molecular complexity index is 809. The molecule has 2 aromatic carbocycles. The molecule has 1 saturated heterocycles. The Balaban J connectivity index is 1.23. The van der Waals surface area contributed by atoms with Crippen LogP contribution in [-0.4, -0.2) is 44.2 Å². The summed E-state index contributed by atoms with van der Waals surface area (Å²) >= 11 is 0. The maximum Gasteiger partial charge on any atom is 0.242 e. The number of nitrogens with zero attached hydrogens (tertiary/aromatic N) is 1. The highest BCUT2D eigenvalue weighted by Crippen LogP contribution is 2.20. The first-order valence-corrected chi connectivity index (χ1v) is 12.0. The molecular formula is C26H37N4O+. The molecule has 1 saturated carbocycles. The molecule has 1 amide bonds. The highest BCUT2D eigenvalue weighted by atomic mass is 16.2. The molecule has 1 atom stereocenters. The lowest BCUT2D eigenvalue weighted by atomic mass is 9.95. The van der Waals surface area contributed by atoms with E-state index in [2.05, 4.69) is 70.1 Å². The van der Waals surface area contributed by atoms with Crippen molar-refractivity contribution in [3.63, 3.8) is 0 Å². The molecule has 4 rings (SSSR count). The van der Waals surface area contributed by atoms with Crippen LogP contribution in [0.3, 0.4) is 0 Å². The van der Waals surface area contributed by atoms with E-state index in [1.165, 1.54) is 30.5 Å². The quantitative estimate of drug-likeness (QED) is 0.644. The zero-order chi connectivity index (χ0) is 21.5. The fourth-order valence-corrected chi connectivity index (χ4v) is 4.80. The van der Waals surface area contributed by atoms with Gasteiger partial charge in [0.25, 0.3) is 0 Å². The average Bonchev–Trinajstić information content (AvgIpc) is 2.81. The number of carbonyl (C=O) groups excluding carboxylic acids is 1. The standard InChI is InChI=1S/C26H36N4O/c1-21(26(31)28-23-10-6-3-7-11-23)27-24-12-14-25(15-13-24)30-18-16-29(17-19-30)20-22-8-4-2-5-9-22/h2,4-5,8-9,12-15,21,23,27H,3,6-7,10-11,16-20H2,1H3,(H,28,31)/p+1/t21-/m1/s1. The third-order valence-corrected chi connectivity index (χ3v) is 6.73. The molecule has 0 aromatic heterocycles. The first-order valence-electron chi connectivity index (χ1n) is 12.0. The highest BCUT2D eigenvalue weighted by Gasteiger charge is 2.21. The average molecular weight is 422 g/mol. The van der Waals surface area contributed by atoms with E-state index in [0.29, 0.717) is 6.04 Å². The van der Waals surface area contributed by atoms with Crippen molar-refractivity contribution in [1.29, 1.82) is 0 Å². The Kier molecular flexibility index (Phi) is 7.47. The molecule has 31 heavy (non-hydrogen) atoms. The van der Waals surface area contributed by atoms with Crippen LogP contribution in [0, 0.1) is 0 Å². The Morgan fingerprint density at radius 1 is 1.00 bits per heavy atom. The Labute approximate surface area is 186 Å². The van der Waals surface area contributed by atoms with Gasteiger partial charge in [0.05, 0.1) is 26.2 Å². The van der Waals surface area contributed by atoms with Crippen molar-refractivity contribution in [2.75, 3.05) is 36.4 Å². The van der Waals surface area contributed by atoms with Gasteiger partial charge in [-0.1, -0.05) is 49.6 Å². The summed E-state index contributed by atoms with van der Waals surface area (Å²) in [6.45, 7) is 7.53. The number of benzene rings is 2. The minimum atomic E-state index is -0.224. The Hall–Kier alpha value is -2.53. The monoisotopic (exact) mass is 421 g/mol. The minimum absolute atomic E-state index is 0.105. The molecule has 3 N–H and O–H groups in total. The SMILES string of the molecule is C[C@@H](Nc1ccc(N2CC[NH+](Cc3ccccc3)CC2)cc1)C(=O)NC1CCCCC1. The van der Waals surface area contributed by atoms with E-state index >= 15 is 0 Å². The van der Waals surface area contributed by atoms with Crippen molar-refractivity contribution in [2.24, 2.45) is 0 Å². The van der Waals surface area contributed by atoms with Crippen molar-refractivity contribution >= 4 is 17.3 Å². The number of nitrogens with one attached hydrogen (secondary N) is 3.